The van der Waals surface area contributed by atoms with Crippen LogP contribution in [0.4, 0.5) is 13.2 Å². The van der Waals surface area contributed by atoms with Crippen molar-refractivity contribution in [3.05, 3.63) is 65.2 Å². The van der Waals surface area contributed by atoms with Crippen molar-refractivity contribution in [1.29, 1.82) is 0 Å². The molecule has 0 saturated heterocycles. The number of nitrogens with two attached hydrogens (primary N) is 1. The van der Waals surface area contributed by atoms with Crippen molar-refractivity contribution >= 4 is 17.4 Å². The predicted molar refractivity (Wildman–Crippen MR) is 87.6 cm³/mol. The van der Waals surface area contributed by atoms with Crippen LogP contribution in [0.1, 0.15) is 16.1 Å². The fourth-order valence-electron chi connectivity index (χ4n) is 2.17. The second kappa shape index (κ2) is 6.56. The first-order valence-corrected chi connectivity index (χ1v) is 7.88. The van der Waals surface area contributed by atoms with Crippen molar-refractivity contribution in [1.82, 2.24) is 4.37 Å². The number of benzene rings is 2. The molecule has 1 amide bonds. The molecule has 0 bridgehead atoms. The monoisotopic (exact) mass is 364 g/mol. The van der Waals surface area contributed by atoms with Crippen LogP contribution in [0.15, 0.2) is 53.9 Å². The van der Waals surface area contributed by atoms with Gasteiger partial charge in [0.2, 0.25) is 0 Å². The molecule has 0 saturated carbocycles. The molecule has 4 nitrogen and oxygen atoms in total. The summed E-state index contributed by atoms with van der Waals surface area (Å²) >= 11 is 1.13. The number of hydrogen-bond acceptors (Lipinski definition) is 4. The number of nitrogens with zero attached hydrogens (tertiary/aromatic N) is 1. The van der Waals surface area contributed by atoms with E-state index in [4.69, 9.17) is 10.5 Å². The quantitative estimate of drug-likeness (QED) is 0.728. The number of aromatic nitrogens is 1. The molecule has 0 aliphatic rings. The van der Waals surface area contributed by atoms with Gasteiger partial charge in [-0.05, 0) is 53.5 Å². The lowest BCUT2D eigenvalue weighted by Gasteiger charge is -2.09. The Labute approximate surface area is 144 Å². The number of rotatable bonds is 4. The van der Waals surface area contributed by atoms with Gasteiger partial charge in [0.05, 0.1) is 5.56 Å². The number of primary amides is 1. The van der Waals surface area contributed by atoms with Gasteiger partial charge in [0.25, 0.3) is 5.91 Å². The number of alkyl halides is 3. The summed E-state index contributed by atoms with van der Waals surface area (Å²) in [5.41, 5.74) is 6.09. The van der Waals surface area contributed by atoms with E-state index in [-0.39, 0.29) is 11.4 Å². The lowest BCUT2D eigenvalue weighted by molar-refractivity contribution is -0.137. The highest BCUT2D eigenvalue weighted by Gasteiger charge is 2.30. The van der Waals surface area contributed by atoms with Gasteiger partial charge >= 0.3 is 6.18 Å². The Bertz CT molecular complexity index is 888. The van der Waals surface area contributed by atoms with Crippen LogP contribution in [0, 0.1) is 0 Å². The van der Waals surface area contributed by atoms with Crippen LogP contribution in [0.2, 0.25) is 0 Å². The normalized spacial score (nSPS) is 11.3. The molecule has 0 fully saturated rings. The molecule has 0 aliphatic heterocycles. The summed E-state index contributed by atoms with van der Waals surface area (Å²) in [4.78, 5) is 11.3. The molecule has 25 heavy (non-hydrogen) atoms. The van der Waals surface area contributed by atoms with Gasteiger partial charge in [0, 0.05) is 10.9 Å². The van der Waals surface area contributed by atoms with Crippen molar-refractivity contribution < 1.29 is 22.7 Å². The van der Waals surface area contributed by atoms with Crippen molar-refractivity contribution in [2.75, 3.05) is 0 Å². The first-order valence-electron chi connectivity index (χ1n) is 7.04. The fourth-order valence-corrected chi connectivity index (χ4v) is 2.87. The SMILES string of the molecule is NC(=O)c1nscc1-c1ccc(Oc2ccc(C(F)(F)F)cc2)cc1. The second-order valence-electron chi connectivity index (χ2n) is 5.09. The van der Waals surface area contributed by atoms with E-state index in [1.54, 1.807) is 29.6 Å². The Hall–Kier alpha value is -2.87. The first kappa shape index (κ1) is 17.0. The highest BCUT2D eigenvalue weighted by atomic mass is 32.1. The van der Waals surface area contributed by atoms with Crippen LogP contribution in [0.5, 0.6) is 11.5 Å². The van der Waals surface area contributed by atoms with Crippen LogP contribution >= 0.6 is 11.5 Å². The van der Waals surface area contributed by atoms with Gasteiger partial charge in [-0.2, -0.15) is 17.5 Å². The molecule has 1 heterocycles. The Morgan fingerprint density at radius 1 is 1.00 bits per heavy atom. The molecule has 0 spiro atoms. The van der Waals surface area contributed by atoms with E-state index in [1.165, 1.54) is 12.1 Å². The minimum atomic E-state index is -4.38. The number of amides is 1. The Morgan fingerprint density at radius 3 is 2.08 bits per heavy atom. The smallest absolute Gasteiger partial charge is 0.416 e. The standard InChI is InChI=1S/C17H11F3N2O2S/c18-17(19,20)11-3-7-13(8-4-11)24-12-5-1-10(2-6-12)14-9-25-22-15(14)16(21)23/h1-9H,(H2,21,23). The summed E-state index contributed by atoms with van der Waals surface area (Å²) in [5.74, 6) is 0.129. The van der Waals surface area contributed by atoms with E-state index in [1.807, 2.05) is 0 Å². The van der Waals surface area contributed by atoms with Crippen LogP contribution in [-0.2, 0) is 6.18 Å². The number of hydrogen-bond donors (Lipinski definition) is 1. The topological polar surface area (TPSA) is 65.2 Å². The van der Waals surface area contributed by atoms with Crippen molar-refractivity contribution in [2.45, 2.75) is 6.18 Å². The lowest BCUT2D eigenvalue weighted by atomic mass is 10.1. The summed E-state index contributed by atoms with van der Waals surface area (Å²) in [5, 5.41) is 1.71. The Morgan fingerprint density at radius 2 is 1.56 bits per heavy atom. The lowest BCUT2D eigenvalue weighted by Crippen LogP contribution is -2.12. The van der Waals surface area contributed by atoms with Crippen molar-refractivity contribution in [3.63, 3.8) is 0 Å². The van der Waals surface area contributed by atoms with E-state index >= 15 is 0 Å². The van der Waals surface area contributed by atoms with Crippen LogP contribution in [-0.4, -0.2) is 10.3 Å². The maximum absolute atomic E-state index is 12.5. The minimum absolute atomic E-state index is 0.196. The zero-order valence-corrected chi connectivity index (χ0v) is 13.4. The van der Waals surface area contributed by atoms with Crippen LogP contribution in [0.25, 0.3) is 11.1 Å². The fraction of sp³-hybridized carbons (Fsp3) is 0.0588. The van der Waals surface area contributed by atoms with E-state index in [2.05, 4.69) is 4.37 Å². The molecular formula is C17H11F3N2O2S. The third-order valence-corrected chi connectivity index (χ3v) is 4.01. The average Bonchev–Trinajstić information content (AvgIpc) is 3.05. The van der Waals surface area contributed by atoms with E-state index in [0.29, 0.717) is 11.3 Å². The van der Waals surface area contributed by atoms with Gasteiger partial charge in [-0.15, -0.1) is 0 Å². The minimum Gasteiger partial charge on any atom is -0.457 e. The van der Waals surface area contributed by atoms with Crippen molar-refractivity contribution in [2.24, 2.45) is 5.73 Å². The van der Waals surface area contributed by atoms with Gasteiger partial charge in [-0.3, -0.25) is 4.79 Å². The third kappa shape index (κ3) is 3.80. The number of ether oxygens (including phenoxy) is 1. The highest BCUT2D eigenvalue weighted by molar-refractivity contribution is 7.04. The summed E-state index contributed by atoms with van der Waals surface area (Å²) in [6.45, 7) is 0. The van der Waals surface area contributed by atoms with Gasteiger partial charge in [-0.25, -0.2) is 0 Å². The zero-order chi connectivity index (χ0) is 18.0. The molecule has 0 unspecified atom stereocenters. The average molecular weight is 364 g/mol. The molecule has 2 N–H and O–H groups in total. The molecule has 1 aromatic heterocycles. The summed E-state index contributed by atoms with van der Waals surface area (Å²) < 4.78 is 47.1. The summed E-state index contributed by atoms with van der Waals surface area (Å²) in [7, 11) is 0. The van der Waals surface area contributed by atoms with E-state index in [0.717, 1.165) is 29.2 Å². The number of carbonyl (C=O) groups excluding carboxylic acids is 1. The first-order chi connectivity index (χ1) is 11.8. The van der Waals surface area contributed by atoms with Crippen molar-refractivity contribution in [3.8, 4) is 22.6 Å². The molecule has 8 heteroatoms. The van der Waals surface area contributed by atoms with Crippen LogP contribution < -0.4 is 10.5 Å². The van der Waals surface area contributed by atoms with Crippen LogP contribution in [0.3, 0.4) is 0 Å². The molecule has 128 valence electrons. The molecule has 0 aliphatic carbocycles. The van der Waals surface area contributed by atoms with Gasteiger partial charge in [0.15, 0.2) is 0 Å². The molecule has 0 radical (unpaired) electrons. The Balaban J connectivity index is 1.77. The summed E-state index contributed by atoms with van der Waals surface area (Å²) in [6.07, 6.45) is -4.38. The maximum atomic E-state index is 12.5. The zero-order valence-electron chi connectivity index (χ0n) is 12.6. The number of carbonyl (C=O) groups is 1. The molecule has 0 atom stereocenters. The van der Waals surface area contributed by atoms with E-state index < -0.39 is 17.6 Å². The van der Waals surface area contributed by atoms with Gasteiger partial charge in [0.1, 0.15) is 17.2 Å². The highest BCUT2D eigenvalue weighted by Crippen LogP contribution is 2.32. The largest absolute Gasteiger partial charge is 0.457 e. The molecular weight excluding hydrogens is 353 g/mol. The third-order valence-electron chi connectivity index (χ3n) is 3.39. The maximum Gasteiger partial charge on any atom is 0.416 e. The van der Waals surface area contributed by atoms with Gasteiger partial charge in [-0.1, -0.05) is 12.1 Å². The van der Waals surface area contributed by atoms with E-state index in [9.17, 15) is 18.0 Å². The second-order valence-corrected chi connectivity index (χ2v) is 5.72. The Kier molecular flexibility index (Phi) is 4.45. The molecule has 2 aromatic carbocycles. The summed E-state index contributed by atoms with van der Waals surface area (Å²) in [6, 6.07) is 11.2. The molecule has 3 rings (SSSR count). The van der Waals surface area contributed by atoms with Gasteiger partial charge < -0.3 is 10.5 Å². The molecule has 3 aromatic rings. The number of halogens is 3. The predicted octanol–water partition coefficient (Wildman–Crippen LogP) is 4.72.